The van der Waals surface area contributed by atoms with Crippen LogP contribution in [0.2, 0.25) is 5.02 Å². The maximum absolute atomic E-state index is 9.16. The molecule has 0 heterocycles. The molecule has 0 amide bonds. The summed E-state index contributed by atoms with van der Waals surface area (Å²) >= 11 is 5.76. The Morgan fingerprint density at radius 3 is 2.64 bits per heavy atom. The molecule has 0 aliphatic carbocycles. The van der Waals surface area contributed by atoms with Crippen LogP contribution < -0.4 is 5.73 Å². The van der Waals surface area contributed by atoms with E-state index in [4.69, 9.17) is 22.4 Å². The molecule has 0 aliphatic heterocycles. The molecule has 1 aromatic carbocycles. The summed E-state index contributed by atoms with van der Waals surface area (Å²) < 4.78 is 0. The van der Waals surface area contributed by atoms with Gasteiger partial charge in [-0.05, 0) is 18.6 Å². The number of benzene rings is 1. The van der Waals surface area contributed by atoms with Crippen molar-refractivity contribution in [3.63, 3.8) is 0 Å². The minimum atomic E-state index is -0.144. The molecular weight excluding hydrogens is 162 g/mol. The van der Waals surface area contributed by atoms with Crippen LogP contribution >= 0.6 is 11.6 Å². The third-order valence-electron chi connectivity index (χ3n) is 1.50. The molecule has 0 spiro atoms. The van der Waals surface area contributed by atoms with E-state index in [1.807, 2.05) is 6.92 Å². The van der Waals surface area contributed by atoms with Crippen molar-refractivity contribution < 1.29 is 5.11 Å². The van der Waals surface area contributed by atoms with Crippen LogP contribution in [0.1, 0.15) is 18.5 Å². The van der Waals surface area contributed by atoms with Crippen molar-refractivity contribution in [3.8, 4) is 5.75 Å². The van der Waals surface area contributed by atoms with E-state index in [2.05, 4.69) is 0 Å². The molecule has 0 bridgehead atoms. The van der Waals surface area contributed by atoms with E-state index in [1.54, 1.807) is 12.1 Å². The molecule has 0 saturated heterocycles. The summed E-state index contributed by atoms with van der Waals surface area (Å²) in [5, 5.41) is 9.51. The van der Waals surface area contributed by atoms with Gasteiger partial charge in [0, 0.05) is 6.04 Å². The van der Waals surface area contributed by atoms with E-state index in [0.29, 0.717) is 5.02 Å². The van der Waals surface area contributed by atoms with E-state index < -0.39 is 0 Å². The van der Waals surface area contributed by atoms with Gasteiger partial charge in [-0.3, -0.25) is 0 Å². The van der Waals surface area contributed by atoms with Crippen LogP contribution in [-0.2, 0) is 0 Å². The summed E-state index contributed by atoms with van der Waals surface area (Å²) in [6, 6.07) is 4.91. The van der Waals surface area contributed by atoms with E-state index in [1.165, 1.54) is 6.07 Å². The molecule has 1 rings (SSSR count). The minimum Gasteiger partial charge on any atom is -0.506 e. The summed E-state index contributed by atoms with van der Waals surface area (Å²) in [6.45, 7) is 1.82. The first-order valence-electron chi connectivity index (χ1n) is 3.36. The first kappa shape index (κ1) is 8.37. The van der Waals surface area contributed by atoms with Crippen molar-refractivity contribution in [3.05, 3.63) is 28.8 Å². The van der Waals surface area contributed by atoms with Crippen LogP contribution in [-0.4, -0.2) is 5.11 Å². The highest BCUT2D eigenvalue weighted by molar-refractivity contribution is 6.32. The zero-order valence-electron chi connectivity index (χ0n) is 6.21. The van der Waals surface area contributed by atoms with Crippen LogP contribution in [0.5, 0.6) is 5.75 Å². The fourth-order valence-corrected chi connectivity index (χ4v) is 1.19. The first-order valence-corrected chi connectivity index (χ1v) is 3.73. The number of nitrogens with two attached hydrogens (primary N) is 1. The van der Waals surface area contributed by atoms with Crippen molar-refractivity contribution >= 4 is 11.6 Å². The maximum atomic E-state index is 9.16. The number of aromatic hydroxyl groups is 1. The lowest BCUT2D eigenvalue weighted by Gasteiger charge is -2.08. The van der Waals surface area contributed by atoms with Gasteiger partial charge in [-0.25, -0.2) is 0 Å². The minimum absolute atomic E-state index is 0.0847. The first-order chi connectivity index (χ1) is 5.13. The van der Waals surface area contributed by atoms with Gasteiger partial charge >= 0.3 is 0 Å². The molecular formula is C8H10ClNO. The van der Waals surface area contributed by atoms with Crippen LogP contribution in [0.15, 0.2) is 18.2 Å². The van der Waals surface area contributed by atoms with Gasteiger partial charge < -0.3 is 10.8 Å². The predicted molar refractivity (Wildman–Crippen MR) is 45.7 cm³/mol. The predicted octanol–water partition coefficient (Wildman–Crippen LogP) is 2.07. The summed E-state index contributed by atoms with van der Waals surface area (Å²) in [5.41, 5.74) is 6.36. The number of phenolic OH excluding ortho intramolecular Hbond substituents is 1. The summed E-state index contributed by atoms with van der Waals surface area (Å²) in [4.78, 5) is 0. The molecule has 60 valence electrons. The SMILES string of the molecule is CC(N)c1cccc(O)c1Cl. The molecule has 0 fully saturated rings. The molecule has 0 radical (unpaired) electrons. The fraction of sp³-hybridized carbons (Fsp3) is 0.250. The van der Waals surface area contributed by atoms with Crippen LogP contribution in [0, 0.1) is 0 Å². The van der Waals surface area contributed by atoms with Crippen LogP contribution in [0.3, 0.4) is 0 Å². The van der Waals surface area contributed by atoms with Crippen molar-refractivity contribution in [2.24, 2.45) is 5.73 Å². The van der Waals surface area contributed by atoms with Crippen molar-refractivity contribution in [1.82, 2.24) is 0 Å². The monoisotopic (exact) mass is 171 g/mol. The lowest BCUT2D eigenvalue weighted by atomic mass is 10.1. The number of hydrogen-bond donors (Lipinski definition) is 2. The molecule has 2 nitrogen and oxygen atoms in total. The Morgan fingerprint density at radius 2 is 2.18 bits per heavy atom. The van der Waals surface area contributed by atoms with Gasteiger partial charge in [0.2, 0.25) is 0 Å². The number of phenols is 1. The van der Waals surface area contributed by atoms with Crippen molar-refractivity contribution in [1.29, 1.82) is 0 Å². The molecule has 0 saturated carbocycles. The molecule has 0 aromatic heterocycles. The average Bonchev–Trinajstić information content (AvgIpc) is 1.94. The van der Waals surface area contributed by atoms with Gasteiger partial charge in [-0.1, -0.05) is 23.7 Å². The van der Waals surface area contributed by atoms with Crippen molar-refractivity contribution in [2.75, 3.05) is 0 Å². The maximum Gasteiger partial charge on any atom is 0.134 e. The van der Waals surface area contributed by atoms with Gasteiger partial charge in [0.05, 0.1) is 5.02 Å². The van der Waals surface area contributed by atoms with E-state index >= 15 is 0 Å². The quantitative estimate of drug-likeness (QED) is 0.680. The number of halogens is 1. The summed E-state index contributed by atoms with van der Waals surface area (Å²) in [6.07, 6.45) is 0. The molecule has 11 heavy (non-hydrogen) atoms. The second kappa shape index (κ2) is 3.11. The highest BCUT2D eigenvalue weighted by atomic mass is 35.5. The molecule has 3 heteroatoms. The van der Waals surface area contributed by atoms with Gasteiger partial charge in [0.25, 0.3) is 0 Å². The lowest BCUT2D eigenvalue weighted by molar-refractivity contribution is 0.474. The summed E-state index contributed by atoms with van der Waals surface area (Å²) in [5.74, 6) is 0.0847. The Hall–Kier alpha value is -0.730. The van der Waals surface area contributed by atoms with Crippen molar-refractivity contribution in [2.45, 2.75) is 13.0 Å². The fourth-order valence-electron chi connectivity index (χ4n) is 0.889. The van der Waals surface area contributed by atoms with E-state index in [-0.39, 0.29) is 11.8 Å². The Kier molecular flexibility index (Phi) is 2.37. The Morgan fingerprint density at radius 1 is 1.55 bits per heavy atom. The standard InChI is InChI=1S/C8H10ClNO/c1-5(10)6-3-2-4-7(11)8(6)9/h2-5,11H,10H2,1H3. The lowest BCUT2D eigenvalue weighted by Crippen LogP contribution is -2.05. The smallest absolute Gasteiger partial charge is 0.134 e. The second-order valence-electron chi connectivity index (χ2n) is 2.47. The Bertz CT molecular complexity index is 260. The topological polar surface area (TPSA) is 46.2 Å². The Labute approximate surface area is 70.6 Å². The third kappa shape index (κ3) is 1.64. The highest BCUT2D eigenvalue weighted by Crippen LogP contribution is 2.29. The zero-order valence-corrected chi connectivity index (χ0v) is 6.97. The number of rotatable bonds is 1. The largest absolute Gasteiger partial charge is 0.506 e. The van der Waals surface area contributed by atoms with E-state index in [9.17, 15) is 0 Å². The summed E-state index contributed by atoms with van der Waals surface area (Å²) in [7, 11) is 0. The van der Waals surface area contributed by atoms with Crippen LogP contribution in [0.25, 0.3) is 0 Å². The normalized spacial score (nSPS) is 13.0. The molecule has 3 N–H and O–H groups in total. The van der Waals surface area contributed by atoms with Gasteiger partial charge in [-0.2, -0.15) is 0 Å². The molecule has 1 aromatic rings. The zero-order chi connectivity index (χ0) is 8.43. The van der Waals surface area contributed by atoms with Gasteiger partial charge in [-0.15, -0.1) is 0 Å². The highest BCUT2D eigenvalue weighted by Gasteiger charge is 2.07. The van der Waals surface area contributed by atoms with Gasteiger partial charge in [0.15, 0.2) is 0 Å². The van der Waals surface area contributed by atoms with Crippen LogP contribution in [0.4, 0.5) is 0 Å². The average molecular weight is 172 g/mol. The molecule has 1 atom stereocenters. The Balaban J connectivity index is 3.17. The van der Waals surface area contributed by atoms with Gasteiger partial charge in [0.1, 0.15) is 5.75 Å². The number of hydrogen-bond acceptors (Lipinski definition) is 2. The second-order valence-corrected chi connectivity index (χ2v) is 2.85. The van der Waals surface area contributed by atoms with E-state index in [0.717, 1.165) is 5.56 Å². The molecule has 0 aliphatic rings. The third-order valence-corrected chi connectivity index (χ3v) is 1.91. The molecule has 1 unspecified atom stereocenters.